The molecule has 1 N–H and O–H groups in total. The van der Waals surface area contributed by atoms with Crippen LogP contribution in [0.5, 0.6) is 5.75 Å². The van der Waals surface area contributed by atoms with Gasteiger partial charge < -0.3 is 10.1 Å². The van der Waals surface area contributed by atoms with E-state index < -0.39 is 6.10 Å². The lowest BCUT2D eigenvalue weighted by molar-refractivity contribution is 0.249. The molecule has 18 heavy (non-hydrogen) atoms. The summed E-state index contributed by atoms with van der Waals surface area (Å²) in [6.45, 7) is 5.34. The van der Waals surface area contributed by atoms with Crippen molar-refractivity contribution in [2.45, 2.75) is 32.9 Å². The first-order valence-corrected chi connectivity index (χ1v) is 6.62. The van der Waals surface area contributed by atoms with Crippen LogP contribution in [0.25, 0.3) is 0 Å². The molecule has 0 aliphatic rings. The van der Waals surface area contributed by atoms with Crippen molar-refractivity contribution in [3.63, 3.8) is 0 Å². The zero-order chi connectivity index (χ0) is 13.5. The van der Waals surface area contributed by atoms with Crippen LogP contribution in [0.4, 0.5) is 0 Å². The Labute approximate surface area is 118 Å². The molecule has 5 heteroatoms. The number of ether oxygens (including phenoxy) is 1. The van der Waals surface area contributed by atoms with E-state index in [4.69, 9.17) is 33.2 Å². The van der Waals surface area contributed by atoms with Crippen molar-refractivity contribution in [3.05, 3.63) is 27.7 Å². The molecule has 3 nitrogen and oxygen atoms in total. The molecule has 98 valence electrons. The van der Waals surface area contributed by atoms with Gasteiger partial charge in [0.05, 0.1) is 5.02 Å². The van der Waals surface area contributed by atoms with Gasteiger partial charge in [-0.05, 0) is 25.1 Å². The standard InChI is InChI=1S/C13H16Cl2N2O/c1-3-11(7-16)18-13-9(8-17-4-2)5-10(14)6-12(13)15/h5-6,11,17H,3-4,8H2,1-2H3. The number of benzene rings is 1. The van der Waals surface area contributed by atoms with Gasteiger partial charge in [-0.15, -0.1) is 0 Å². The average Bonchev–Trinajstić information content (AvgIpc) is 2.35. The Kier molecular flexibility index (Phi) is 6.28. The van der Waals surface area contributed by atoms with E-state index >= 15 is 0 Å². The number of nitriles is 1. The van der Waals surface area contributed by atoms with E-state index in [0.717, 1.165) is 12.1 Å². The van der Waals surface area contributed by atoms with Crippen LogP contribution in [0.1, 0.15) is 25.8 Å². The topological polar surface area (TPSA) is 45.0 Å². The van der Waals surface area contributed by atoms with Crippen molar-refractivity contribution in [1.29, 1.82) is 5.26 Å². The molecule has 1 rings (SSSR count). The number of hydrogen-bond donors (Lipinski definition) is 1. The maximum atomic E-state index is 8.94. The third-order valence-corrected chi connectivity index (χ3v) is 2.92. The third-order valence-electron chi connectivity index (χ3n) is 2.43. The Morgan fingerprint density at radius 2 is 2.11 bits per heavy atom. The summed E-state index contributed by atoms with van der Waals surface area (Å²) < 4.78 is 5.64. The predicted octanol–water partition coefficient (Wildman–Crippen LogP) is 3.78. The smallest absolute Gasteiger partial charge is 0.184 e. The molecule has 0 aromatic heterocycles. The molecule has 0 saturated carbocycles. The van der Waals surface area contributed by atoms with Crippen molar-refractivity contribution >= 4 is 23.2 Å². The Hall–Kier alpha value is -0.950. The van der Waals surface area contributed by atoms with Crippen molar-refractivity contribution in [3.8, 4) is 11.8 Å². The quantitative estimate of drug-likeness (QED) is 0.866. The largest absolute Gasteiger partial charge is 0.474 e. The highest BCUT2D eigenvalue weighted by atomic mass is 35.5. The number of rotatable bonds is 6. The minimum atomic E-state index is -0.496. The van der Waals surface area contributed by atoms with Gasteiger partial charge in [0.1, 0.15) is 11.8 Å². The summed E-state index contributed by atoms with van der Waals surface area (Å²) >= 11 is 12.1. The lowest BCUT2D eigenvalue weighted by Crippen LogP contribution is -2.17. The van der Waals surface area contributed by atoms with Crippen molar-refractivity contribution in [2.24, 2.45) is 0 Å². The highest BCUT2D eigenvalue weighted by Gasteiger charge is 2.14. The monoisotopic (exact) mass is 286 g/mol. The van der Waals surface area contributed by atoms with E-state index in [1.54, 1.807) is 12.1 Å². The Morgan fingerprint density at radius 1 is 1.39 bits per heavy atom. The molecule has 0 aliphatic carbocycles. The van der Waals surface area contributed by atoms with Gasteiger partial charge in [-0.1, -0.05) is 37.0 Å². The van der Waals surface area contributed by atoms with Gasteiger partial charge in [-0.3, -0.25) is 0 Å². The minimum Gasteiger partial charge on any atom is -0.474 e. The van der Waals surface area contributed by atoms with Crippen LogP contribution in [0.2, 0.25) is 10.0 Å². The van der Waals surface area contributed by atoms with E-state index in [2.05, 4.69) is 11.4 Å². The second-order valence-electron chi connectivity index (χ2n) is 3.80. The zero-order valence-electron chi connectivity index (χ0n) is 10.5. The van der Waals surface area contributed by atoms with E-state index in [1.165, 1.54) is 0 Å². The van der Waals surface area contributed by atoms with Crippen LogP contribution in [0.3, 0.4) is 0 Å². The fourth-order valence-electron chi connectivity index (χ4n) is 1.48. The molecule has 1 aromatic rings. The summed E-state index contributed by atoms with van der Waals surface area (Å²) in [4.78, 5) is 0. The molecule has 0 saturated heterocycles. The molecule has 1 atom stereocenters. The fourth-order valence-corrected chi connectivity index (χ4v) is 2.06. The molecule has 0 fully saturated rings. The van der Waals surface area contributed by atoms with E-state index in [9.17, 15) is 0 Å². The molecule has 0 bridgehead atoms. The van der Waals surface area contributed by atoms with Crippen molar-refractivity contribution in [1.82, 2.24) is 5.32 Å². The van der Waals surface area contributed by atoms with Gasteiger partial charge in [0, 0.05) is 17.1 Å². The lowest BCUT2D eigenvalue weighted by Gasteiger charge is -2.16. The molecule has 0 spiro atoms. The lowest BCUT2D eigenvalue weighted by atomic mass is 10.2. The van der Waals surface area contributed by atoms with Crippen LogP contribution in [0.15, 0.2) is 12.1 Å². The molecule has 0 aliphatic heterocycles. The SMILES string of the molecule is CCNCc1cc(Cl)cc(Cl)c1OC(C#N)CC. The Balaban J connectivity index is 3.03. The number of nitrogens with zero attached hydrogens (tertiary/aromatic N) is 1. The van der Waals surface area contributed by atoms with Gasteiger partial charge in [0.15, 0.2) is 6.10 Å². The minimum absolute atomic E-state index is 0.434. The summed E-state index contributed by atoms with van der Waals surface area (Å²) in [5, 5.41) is 13.1. The second-order valence-corrected chi connectivity index (χ2v) is 4.64. The van der Waals surface area contributed by atoms with Gasteiger partial charge in [0.25, 0.3) is 0 Å². The van der Waals surface area contributed by atoms with Crippen molar-refractivity contribution in [2.75, 3.05) is 6.54 Å². The number of halogens is 2. The maximum Gasteiger partial charge on any atom is 0.184 e. The Morgan fingerprint density at radius 3 is 2.67 bits per heavy atom. The zero-order valence-corrected chi connectivity index (χ0v) is 12.0. The summed E-state index contributed by atoms with van der Waals surface area (Å²) in [7, 11) is 0. The van der Waals surface area contributed by atoms with Crippen LogP contribution in [-0.4, -0.2) is 12.6 Å². The van der Waals surface area contributed by atoms with Crippen LogP contribution in [-0.2, 0) is 6.54 Å². The van der Waals surface area contributed by atoms with E-state index in [0.29, 0.717) is 28.8 Å². The summed E-state index contributed by atoms with van der Waals surface area (Å²) in [5.41, 5.74) is 0.864. The van der Waals surface area contributed by atoms with Crippen LogP contribution >= 0.6 is 23.2 Å². The van der Waals surface area contributed by atoms with Gasteiger partial charge >= 0.3 is 0 Å². The summed E-state index contributed by atoms with van der Waals surface area (Å²) in [6, 6.07) is 5.52. The maximum absolute atomic E-state index is 8.94. The van der Waals surface area contributed by atoms with Crippen LogP contribution in [0, 0.1) is 11.3 Å². The molecule has 1 aromatic carbocycles. The normalized spacial score (nSPS) is 11.9. The average molecular weight is 287 g/mol. The molecular formula is C13H16Cl2N2O. The second kappa shape index (κ2) is 7.48. The third kappa shape index (κ3) is 4.06. The van der Waals surface area contributed by atoms with Gasteiger partial charge in [-0.25, -0.2) is 0 Å². The number of hydrogen-bond acceptors (Lipinski definition) is 3. The van der Waals surface area contributed by atoms with E-state index in [-0.39, 0.29) is 0 Å². The predicted molar refractivity (Wildman–Crippen MR) is 74.2 cm³/mol. The van der Waals surface area contributed by atoms with Crippen molar-refractivity contribution < 1.29 is 4.74 Å². The van der Waals surface area contributed by atoms with Crippen LogP contribution < -0.4 is 10.1 Å². The van der Waals surface area contributed by atoms with Gasteiger partial charge in [-0.2, -0.15) is 5.26 Å². The molecule has 1 unspecified atom stereocenters. The summed E-state index contributed by atoms with van der Waals surface area (Å²) in [5.74, 6) is 0.537. The number of nitrogens with one attached hydrogen (secondary N) is 1. The summed E-state index contributed by atoms with van der Waals surface area (Å²) in [6.07, 6.45) is 0.111. The highest BCUT2D eigenvalue weighted by molar-refractivity contribution is 6.35. The molecular weight excluding hydrogens is 271 g/mol. The Bertz CT molecular complexity index is 443. The highest BCUT2D eigenvalue weighted by Crippen LogP contribution is 2.33. The molecule has 0 heterocycles. The first-order valence-electron chi connectivity index (χ1n) is 5.87. The van der Waals surface area contributed by atoms with E-state index in [1.807, 2.05) is 13.8 Å². The fraction of sp³-hybridized carbons (Fsp3) is 0.462. The molecule has 0 amide bonds. The molecule has 0 radical (unpaired) electrons. The first kappa shape index (κ1) is 15.1. The van der Waals surface area contributed by atoms with Gasteiger partial charge in [0.2, 0.25) is 0 Å². The first-order chi connectivity index (χ1) is 8.62.